The van der Waals surface area contributed by atoms with E-state index in [0.29, 0.717) is 5.92 Å². The molecule has 1 aromatic carbocycles. The maximum Gasteiger partial charge on any atom is 0.0210 e. The van der Waals surface area contributed by atoms with Gasteiger partial charge in [0, 0.05) is 4.47 Å². The molecular weight excluding hydrogens is 248 g/mol. The molecule has 0 saturated heterocycles. The van der Waals surface area contributed by atoms with E-state index < -0.39 is 0 Å². The zero-order valence-corrected chi connectivity index (χ0v) is 11.8. The molecule has 1 unspecified atom stereocenters. The molecule has 0 nitrogen and oxygen atoms in total. The van der Waals surface area contributed by atoms with Gasteiger partial charge in [-0.2, -0.15) is 0 Å². The number of hydrogen-bond acceptors (Lipinski definition) is 0. The van der Waals surface area contributed by atoms with E-state index in [2.05, 4.69) is 61.8 Å². The summed E-state index contributed by atoms with van der Waals surface area (Å²) in [5, 5.41) is 0. The molecule has 0 heterocycles. The second-order valence-electron chi connectivity index (χ2n) is 4.68. The Bertz CT molecular complexity index is 315. The van der Waals surface area contributed by atoms with Crippen molar-refractivity contribution in [1.29, 1.82) is 0 Å². The minimum atomic E-state index is 0.613. The molecule has 0 aromatic heterocycles. The number of rotatable bonds is 4. The van der Waals surface area contributed by atoms with Crippen molar-refractivity contribution < 1.29 is 0 Å². The fourth-order valence-corrected chi connectivity index (χ4v) is 2.37. The summed E-state index contributed by atoms with van der Waals surface area (Å²) in [6.45, 7) is 9.11. The molecule has 0 spiro atoms. The first-order valence-corrected chi connectivity index (χ1v) is 6.62. The van der Waals surface area contributed by atoms with Crippen molar-refractivity contribution >= 4 is 15.9 Å². The lowest BCUT2D eigenvalue weighted by atomic mass is 9.90. The van der Waals surface area contributed by atoms with Gasteiger partial charge in [0.25, 0.3) is 0 Å². The van der Waals surface area contributed by atoms with E-state index in [1.807, 2.05) is 0 Å². The van der Waals surface area contributed by atoms with E-state index in [9.17, 15) is 0 Å². The zero-order valence-electron chi connectivity index (χ0n) is 10.2. The molecule has 0 fully saturated rings. The van der Waals surface area contributed by atoms with Gasteiger partial charge in [0.15, 0.2) is 0 Å². The van der Waals surface area contributed by atoms with Crippen molar-refractivity contribution in [3.8, 4) is 0 Å². The van der Waals surface area contributed by atoms with Crippen LogP contribution in [-0.4, -0.2) is 0 Å². The van der Waals surface area contributed by atoms with Gasteiger partial charge in [0.2, 0.25) is 0 Å². The molecule has 0 amide bonds. The monoisotopic (exact) mass is 268 g/mol. The summed E-state index contributed by atoms with van der Waals surface area (Å²) >= 11 is 3.67. The molecule has 0 bridgehead atoms. The Labute approximate surface area is 102 Å². The molecule has 1 rings (SSSR count). The summed E-state index contributed by atoms with van der Waals surface area (Å²) in [7, 11) is 0. The topological polar surface area (TPSA) is 0 Å². The van der Waals surface area contributed by atoms with E-state index in [-0.39, 0.29) is 0 Å². The van der Waals surface area contributed by atoms with Crippen molar-refractivity contribution in [2.75, 3.05) is 0 Å². The highest BCUT2D eigenvalue weighted by molar-refractivity contribution is 9.10. The van der Waals surface area contributed by atoms with E-state index in [4.69, 9.17) is 0 Å². The first-order chi connectivity index (χ1) is 7.06. The second kappa shape index (κ2) is 5.69. The molecular formula is C14H21Br. The standard InChI is InChI=1S/C14H21Br/c1-5-11(4)9-13-12(10(2)3)7-6-8-14(13)15/h6-8,10-11H,5,9H2,1-4H3. The van der Waals surface area contributed by atoms with Crippen molar-refractivity contribution in [1.82, 2.24) is 0 Å². The van der Waals surface area contributed by atoms with Crippen LogP contribution in [0.4, 0.5) is 0 Å². The van der Waals surface area contributed by atoms with Crippen LogP contribution in [0.3, 0.4) is 0 Å². The number of halogens is 1. The Morgan fingerprint density at radius 3 is 2.40 bits per heavy atom. The van der Waals surface area contributed by atoms with Crippen LogP contribution in [0.5, 0.6) is 0 Å². The Balaban J connectivity index is 3.02. The Morgan fingerprint density at radius 1 is 1.20 bits per heavy atom. The molecule has 84 valence electrons. The average Bonchev–Trinajstić information content (AvgIpc) is 2.20. The fourth-order valence-electron chi connectivity index (χ4n) is 1.82. The summed E-state index contributed by atoms with van der Waals surface area (Å²) in [6.07, 6.45) is 2.43. The Morgan fingerprint density at radius 2 is 1.87 bits per heavy atom. The maximum absolute atomic E-state index is 3.67. The van der Waals surface area contributed by atoms with Crippen LogP contribution in [0, 0.1) is 5.92 Å². The summed E-state index contributed by atoms with van der Waals surface area (Å²) in [5.74, 6) is 1.38. The molecule has 0 aliphatic heterocycles. The van der Waals surface area contributed by atoms with Crippen LogP contribution >= 0.6 is 15.9 Å². The maximum atomic E-state index is 3.67. The molecule has 1 heteroatoms. The van der Waals surface area contributed by atoms with E-state index in [1.54, 1.807) is 0 Å². The van der Waals surface area contributed by atoms with Crippen LogP contribution < -0.4 is 0 Å². The Kier molecular flexibility index (Phi) is 4.85. The first-order valence-electron chi connectivity index (χ1n) is 5.83. The summed E-state index contributed by atoms with van der Waals surface area (Å²) in [5.41, 5.74) is 2.99. The van der Waals surface area contributed by atoms with Crippen LogP contribution in [0.25, 0.3) is 0 Å². The van der Waals surface area contributed by atoms with Gasteiger partial charge in [0.1, 0.15) is 0 Å². The smallest absolute Gasteiger partial charge is 0.0210 e. The van der Waals surface area contributed by atoms with E-state index in [1.165, 1.54) is 28.4 Å². The third kappa shape index (κ3) is 3.34. The highest BCUT2D eigenvalue weighted by Gasteiger charge is 2.11. The molecule has 15 heavy (non-hydrogen) atoms. The predicted molar refractivity (Wildman–Crippen MR) is 71.4 cm³/mol. The van der Waals surface area contributed by atoms with Crippen molar-refractivity contribution in [2.45, 2.75) is 46.5 Å². The van der Waals surface area contributed by atoms with Gasteiger partial charge in [-0.15, -0.1) is 0 Å². The summed E-state index contributed by atoms with van der Waals surface area (Å²) in [4.78, 5) is 0. The molecule has 1 atom stereocenters. The van der Waals surface area contributed by atoms with Crippen LogP contribution in [0.1, 0.15) is 51.2 Å². The van der Waals surface area contributed by atoms with Gasteiger partial charge in [-0.1, -0.05) is 62.2 Å². The lowest BCUT2D eigenvalue weighted by Gasteiger charge is -2.17. The van der Waals surface area contributed by atoms with Gasteiger partial charge in [-0.25, -0.2) is 0 Å². The zero-order chi connectivity index (χ0) is 11.4. The quantitative estimate of drug-likeness (QED) is 0.708. The summed E-state index contributed by atoms with van der Waals surface area (Å²) in [6, 6.07) is 6.55. The van der Waals surface area contributed by atoms with Crippen molar-refractivity contribution in [3.05, 3.63) is 33.8 Å². The molecule has 0 radical (unpaired) electrons. The second-order valence-corrected chi connectivity index (χ2v) is 5.53. The van der Waals surface area contributed by atoms with Gasteiger partial charge in [0.05, 0.1) is 0 Å². The largest absolute Gasteiger partial charge is 0.0651 e. The highest BCUT2D eigenvalue weighted by Crippen LogP contribution is 2.29. The van der Waals surface area contributed by atoms with Gasteiger partial charge < -0.3 is 0 Å². The first kappa shape index (κ1) is 12.8. The molecule has 0 aliphatic carbocycles. The minimum Gasteiger partial charge on any atom is -0.0651 e. The lowest BCUT2D eigenvalue weighted by molar-refractivity contribution is 0.555. The van der Waals surface area contributed by atoms with Crippen LogP contribution in [-0.2, 0) is 6.42 Å². The van der Waals surface area contributed by atoms with Crippen molar-refractivity contribution in [2.24, 2.45) is 5.92 Å². The predicted octanol–water partition coefficient (Wildman–Crippen LogP) is 5.16. The number of benzene rings is 1. The third-order valence-corrected chi connectivity index (χ3v) is 3.77. The molecule has 0 N–H and O–H groups in total. The van der Waals surface area contributed by atoms with Gasteiger partial charge >= 0.3 is 0 Å². The van der Waals surface area contributed by atoms with Crippen LogP contribution in [0.15, 0.2) is 22.7 Å². The van der Waals surface area contributed by atoms with Gasteiger partial charge in [-0.3, -0.25) is 0 Å². The van der Waals surface area contributed by atoms with Crippen molar-refractivity contribution in [3.63, 3.8) is 0 Å². The number of hydrogen-bond donors (Lipinski definition) is 0. The van der Waals surface area contributed by atoms with Crippen LogP contribution in [0.2, 0.25) is 0 Å². The minimum absolute atomic E-state index is 0.613. The molecule has 0 aliphatic rings. The van der Waals surface area contributed by atoms with E-state index >= 15 is 0 Å². The third-order valence-electron chi connectivity index (χ3n) is 3.03. The fraction of sp³-hybridized carbons (Fsp3) is 0.571. The van der Waals surface area contributed by atoms with Gasteiger partial charge in [-0.05, 0) is 35.4 Å². The van der Waals surface area contributed by atoms with E-state index in [0.717, 1.165) is 5.92 Å². The highest BCUT2D eigenvalue weighted by atomic mass is 79.9. The Hall–Kier alpha value is -0.300. The molecule has 0 saturated carbocycles. The summed E-state index contributed by atoms with van der Waals surface area (Å²) < 4.78 is 1.27. The lowest BCUT2D eigenvalue weighted by Crippen LogP contribution is -2.04. The normalized spacial score (nSPS) is 13.2. The molecule has 1 aromatic rings. The average molecular weight is 269 g/mol. The SMILES string of the molecule is CCC(C)Cc1c(Br)cccc1C(C)C.